The van der Waals surface area contributed by atoms with Crippen molar-refractivity contribution in [3.8, 4) is 5.75 Å². The number of aryl methyl sites for hydroxylation is 2. The van der Waals surface area contributed by atoms with Gasteiger partial charge in [-0.25, -0.2) is 14.8 Å². The molecule has 0 bridgehead atoms. The fourth-order valence-corrected chi connectivity index (χ4v) is 3.03. The number of carbonyl (C=O) groups is 1. The number of nitrogens with zero attached hydrogens (tertiary/aromatic N) is 2. The molecule has 0 unspecified atom stereocenters. The third-order valence-corrected chi connectivity index (χ3v) is 4.60. The van der Waals surface area contributed by atoms with Crippen LogP contribution in [0.2, 0.25) is 0 Å². The maximum atomic E-state index is 13.0. The fraction of sp³-hybridized carbons (Fsp3) is 0.318. The highest BCUT2D eigenvalue weighted by molar-refractivity contribution is 5.89. The van der Waals surface area contributed by atoms with E-state index in [9.17, 15) is 18.0 Å². The largest absolute Gasteiger partial charge is 0.493 e. The van der Waals surface area contributed by atoms with Gasteiger partial charge in [-0.3, -0.25) is 10.9 Å². The molecule has 0 saturated carbocycles. The minimum Gasteiger partial charge on any atom is -0.493 e. The van der Waals surface area contributed by atoms with Crippen molar-refractivity contribution in [1.82, 2.24) is 20.7 Å². The van der Waals surface area contributed by atoms with Gasteiger partial charge in [0.15, 0.2) is 5.82 Å². The summed E-state index contributed by atoms with van der Waals surface area (Å²) in [7, 11) is 0. The maximum absolute atomic E-state index is 13.0. The first-order valence-electron chi connectivity index (χ1n) is 10.1. The van der Waals surface area contributed by atoms with E-state index in [1.54, 1.807) is 18.2 Å². The van der Waals surface area contributed by atoms with Crippen LogP contribution in [-0.4, -0.2) is 29.2 Å². The smallest absolute Gasteiger partial charge is 0.451 e. The van der Waals surface area contributed by atoms with Crippen molar-refractivity contribution in [1.29, 1.82) is 0 Å². The zero-order valence-electron chi connectivity index (χ0n) is 17.7. The molecule has 3 rings (SSSR count). The van der Waals surface area contributed by atoms with Gasteiger partial charge < -0.3 is 10.1 Å². The van der Waals surface area contributed by atoms with E-state index in [0.717, 1.165) is 17.7 Å². The maximum Gasteiger partial charge on any atom is 0.451 e. The van der Waals surface area contributed by atoms with E-state index in [1.807, 2.05) is 32.0 Å². The van der Waals surface area contributed by atoms with Gasteiger partial charge >= 0.3 is 12.2 Å². The van der Waals surface area contributed by atoms with Crippen LogP contribution in [0, 0.1) is 13.8 Å². The number of hydrogen-bond acceptors (Lipinski definition) is 5. The molecule has 1 heterocycles. The Balaban J connectivity index is 1.44. The number of amides is 2. The standard InChI is InChI=1S/C22H24F3N5O2/c1-14-9-10-18(15(2)13-14)32-12-6-5-11-26-21(31)30-29-19-16-7-3-4-8-17(16)27-20(28-19)22(23,24)25/h3-4,7-10,13H,5-6,11-12H2,1-2H3,(H2,26,30,31)(H,27,28,29). The van der Waals surface area contributed by atoms with Crippen LogP contribution >= 0.6 is 0 Å². The number of unbranched alkanes of at least 4 members (excludes halogenated alkanes) is 1. The normalized spacial score (nSPS) is 11.3. The highest BCUT2D eigenvalue weighted by Gasteiger charge is 2.35. The van der Waals surface area contributed by atoms with Gasteiger partial charge in [-0.2, -0.15) is 13.2 Å². The van der Waals surface area contributed by atoms with Crippen LogP contribution < -0.4 is 20.9 Å². The summed E-state index contributed by atoms with van der Waals surface area (Å²) in [5, 5.41) is 2.98. The minimum absolute atomic E-state index is 0.114. The van der Waals surface area contributed by atoms with Gasteiger partial charge in [0.1, 0.15) is 5.75 Å². The first-order chi connectivity index (χ1) is 15.2. The first-order valence-corrected chi connectivity index (χ1v) is 10.1. The predicted octanol–water partition coefficient (Wildman–Crippen LogP) is 4.75. The van der Waals surface area contributed by atoms with Gasteiger partial charge in [0.25, 0.3) is 0 Å². The van der Waals surface area contributed by atoms with E-state index in [4.69, 9.17) is 4.74 Å². The molecule has 2 amide bonds. The lowest BCUT2D eigenvalue weighted by Gasteiger charge is -2.13. The number of hydrazine groups is 1. The molecule has 32 heavy (non-hydrogen) atoms. The van der Waals surface area contributed by atoms with Gasteiger partial charge in [-0.05, 0) is 50.5 Å². The third-order valence-electron chi connectivity index (χ3n) is 4.60. The zero-order valence-corrected chi connectivity index (χ0v) is 17.7. The SMILES string of the molecule is Cc1ccc(OCCCCNC(=O)NNc2nc(C(F)(F)F)nc3ccccc23)c(C)c1. The van der Waals surface area contributed by atoms with E-state index in [2.05, 4.69) is 26.1 Å². The molecule has 0 aliphatic rings. The second kappa shape index (κ2) is 10.2. The lowest BCUT2D eigenvalue weighted by Crippen LogP contribution is -2.39. The third kappa shape index (κ3) is 6.22. The van der Waals surface area contributed by atoms with Crippen LogP contribution in [0.15, 0.2) is 42.5 Å². The summed E-state index contributed by atoms with van der Waals surface area (Å²) in [5.74, 6) is -0.592. The van der Waals surface area contributed by atoms with Crippen LogP contribution in [0.3, 0.4) is 0 Å². The Labute approximate surface area is 183 Å². The molecule has 170 valence electrons. The Bertz CT molecular complexity index is 1090. The molecule has 7 nitrogen and oxygen atoms in total. The van der Waals surface area contributed by atoms with E-state index in [-0.39, 0.29) is 11.3 Å². The Kier molecular flexibility index (Phi) is 7.34. The Morgan fingerprint density at radius 3 is 2.59 bits per heavy atom. The van der Waals surface area contributed by atoms with Crippen LogP contribution in [0.4, 0.5) is 23.8 Å². The number of nitrogens with one attached hydrogen (secondary N) is 3. The second-order valence-corrected chi connectivity index (χ2v) is 7.24. The molecule has 0 atom stereocenters. The van der Waals surface area contributed by atoms with Crippen molar-refractivity contribution in [3.63, 3.8) is 0 Å². The molecule has 2 aromatic carbocycles. The molecule has 10 heteroatoms. The summed E-state index contributed by atoms with van der Waals surface area (Å²) in [6.07, 6.45) is -3.30. The Hall–Kier alpha value is -3.56. The molecular formula is C22H24F3N5O2. The Morgan fingerprint density at radius 1 is 1.06 bits per heavy atom. The summed E-state index contributed by atoms with van der Waals surface area (Å²) in [6, 6.07) is 11.6. The molecule has 0 saturated heterocycles. The highest BCUT2D eigenvalue weighted by Crippen LogP contribution is 2.30. The number of urea groups is 1. The quantitative estimate of drug-likeness (QED) is 0.343. The fourth-order valence-electron chi connectivity index (χ4n) is 3.03. The summed E-state index contributed by atoms with van der Waals surface area (Å²) < 4.78 is 44.9. The number of halogens is 3. The molecule has 0 aliphatic carbocycles. The summed E-state index contributed by atoms with van der Waals surface area (Å²) in [5.41, 5.74) is 7.11. The Morgan fingerprint density at radius 2 is 1.84 bits per heavy atom. The van der Waals surface area contributed by atoms with Crippen molar-refractivity contribution in [2.24, 2.45) is 0 Å². The van der Waals surface area contributed by atoms with Gasteiger partial charge in [0.05, 0.1) is 12.1 Å². The minimum atomic E-state index is -4.71. The summed E-state index contributed by atoms with van der Waals surface area (Å²) in [4.78, 5) is 19.0. The number of hydrogen-bond donors (Lipinski definition) is 3. The number of ether oxygens (including phenoxy) is 1. The number of rotatable bonds is 8. The molecule has 3 aromatic rings. The van der Waals surface area contributed by atoms with Crippen molar-refractivity contribution < 1.29 is 22.7 Å². The number of carbonyl (C=O) groups excluding carboxylic acids is 1. The van der Waals surface area contributed by atoms with Crippen molar-refractivity contribution in [2.45, 2.75) is 32.9 Å². The molecule has 3 N–H and O–H groups in total. The summed E-state index contributed by atoms with van der Waals surface area (Å²) in [6.45, 7) is 4.89. The lowest BCUT2D eigenvalue weighted by atomic mass is 10.1. The van der Waals surface area contributed by atoms with Crippen LogP contribution in [0.25, 0.3) is 10.9 Å². The zero-order chi connectivity index (χ0) is 23.1. The van der Waals surface area contributed by atoms with E-state index in [0.29, 0.717) is 25.0 Å². The van der Waals surface area contributed by atoms with Crippen LogP contribution in [0.5, 0.6) is 5.75 Å². The topological polar surface area (TPSA) is 88.2 Å². The molecule has 0 fully saturated rings. The van der Waals surface area contributed by atoms with Crippen LogP contribution in [-0.2, 0) is 6.18 Å². The van der Waals surface area contributed by atoms with Gasteiger partial charge in [0, 0.05) is 11.9 Å². The number of anilines is 1. The lowest BCUT2D eigenvalue weighted by molar-refractivity contribution is -0.144. The van der Waals surface area contributed by atoms with Gasteiger partial charge in [-0.1, -0.05) is 29.8 Å². The average Bonchev–Trinajstić information content (AvgIpc) is 2.74. The number of fused-ring (bicyclic) bond motifs is 1. The van der Waals surface area contributed by atoms with Crippen LogP contribution in [0.1, 0.15) is 29.8 Å². The van der Waals surface area contributed by atoms with Gasteiger partial charge in [0.2, 0.25) is 5.82 Å². The summed E-state index contributed by atoms with van der Waals surface area (Å²) >= 11 is 0. The van der Waals surface area contributed by atoms with E-state index >= 15 is 0 Å². The second-order valence-electron chi connectivity index (χ2n) is 7.24. The molecular weight excluding hydrogens is 423 g/mol. The first kappa shape index (κ1) is 23.1. The van der Waals surface area contributed by atoms with Crippen molar-refractivity contribution in [2.75, 3.05) is 18.6 Å². The number of para-hydroxylation sites is 1. The molecule has 0 spiro atoms. The molecule has 0 aliphatic heterocycles. The monoisotopic (exact) mass is 447 g/mol. The van der Waals surface area contributed by atoms with Gasteiger partial charge in [-0.15, -0.1) is 0 Å². The average molecular weight is 447 g/mol. The number of benzene rings is 2. The van der Waals surface area contributed by atoms with Crippen molar-refractivity contribution >= 4 is 22.8 Å². The number of alkyl halides is 3. The predicted molar refractivity (Wildman–Crippen MR) is 115 cm³/mol. The molecule has 1 aromatic heterocycles. The molecule has 0 radical (unpaired) electrons. The van der Waals surface area contributed by atoms with E-state index in [1.165, 1.54) is 11.6 Å². The van der Waals surface area contributed by atoms with E-state index < -0.39 is 18.0 Å². The number of aromatic nitrogens is 2. The van der Waals surface area contributed by atoms with Crippen molar-refractivity contribution in [3.05, 3.63) is 59.4 Å². The highest BCUT2D eigenvalue weighted by atomic mass is 19.4.